The number of nitrogens with one attached hydrogen (secondary N) is 1. The number of anilines is 1. The van der Waals surface area contributed by atoms with E-state index in [1.54, 1.807) is 0 Å². The maximum absolute atomic E-state index is 6.27. The van der Waals surface area contributed by atoms with Gasteiger partial charge in [0.2, 0.25) is 0 Å². The Morgan fingerprint density at radius 1 is 0.929 bits per heavy atom. The molecular formula is C25H25NO2. The van der Waals surface area contributed by atoms with Crippen LogP contribution in [0.1, 0.15) is 41.7 Å². The molecule has 3 nitrogen and oxygen atoms in total. The van der Waals surface area contributed by atoms with Crippen molar-refractivity contribution < 1.29 is 9.47 Å². The molecule has 1 N–H and O–H groups in total. The van der Waals surface area contributed by atoms with E-state index < -0.39 is 0 Å². The third kappa shape index (κ3) is 3.27. The third-order valence-corrected chi connectivity index (χ3v) is 5.82. The molecule has 142 valence electrons. The fourth-order valence-corrected chi connectivity index (χ4v) is 4.52. The minimum Gasteiger partial charge on any atom is -0.457 e. The van der Waals surface area contributed by atoms with Gasteiger partial charge in [0.1, 0.15) is 11.5 Å². The van der Waals surface area contributed by atoms with Gasteiger partial charge in [0.05, 0.1) is 12.1 Å². The Hall–Kier alpha value is -2.78. The minimum absolute atomic E-state index is 0.161. The van der Waals surface area contributed by atoms with E-state index in [4.69, 9.17) is 9.47 Å². The van der Waals surface area contributed by atoms with E-state index in [1.165, 1.54) is 28.8 Å². The molecule has 3 aromatic carbocycles. The second-order valence-corrected chi connectivity index (χ2v) is 7.80. The lowest BCUT2D eigenvalue weighted by molar-refractivity contribution is -0.0381. The average Bonchev–Trinajstić information content (AvgIpc) is 2.74. The van der Waals surface area contributed by atoms with Crippen LogP contribution in [0.4, 0.5) is 5.69 Å². The van der Waals surface area contributed by atoms with E-state index in [-0.39, 0.29) is 12.1 Å². The van der Waals surface area contributed by atoms with Crippen LogP contribution in [0.15, 0.2) is 72.8 Å². The number of aryl methyl sites for hydroxylation is 1. The first kappa shape index (κ1) is 17.3. The van der Waals surface area contributed by atoms with Gasteiger partial charge in [-0.2, -0.15) is 0 Å². The van der Waals surface area contributed by atoms with E-state index in [0.29, 0.717) is 5.92 Å². The second-order valence-electron chi connectivity index (χ2n) is 7.80. The lowest BCUT2D eigenvalue weighted by Gasteiger charge is -2.43. The van der Waals surface area contributed by atoms with Gasteiger partial charge in [-0.15, -0.1) is 0 Å². The molecule has 3 atom stereocenters. The number of benzene rings is 3. The van der Waals surface area contributed by atoms with Crippen molar-refractivity contribution in [2.75, 3.05) is 11.9 Å². The zero-order valence-electron chi connectivity index (χ0n) is 16.1. The topological polar surface area (TPSA) is 30.5 Å². The molecule has 0 amide bonds. The van der Waals surface area contributed by atoms with Gasteiger partial charge in [-0.05, 0) is 55.7 Å². The van der Waals surface area contributed by atoms with Crippen molar-refractivity contribution in [1.29, 1.82) is 0 Å². The highest BCUT2D eigenvalue weighted by Gasteiger charge is 2.39. The van der Waals surface area contributed by atoms with Crippen molar-refractivity contribution in [2.24, 2.45) is 5.92 Å². The summed E-state index contributed by atoms with van der Waals surface area (Å²) < 4.78 is 12.3. The summed E-state index contributed by atoms with van der Waals surface area (Å²) in [4.78, 5) is 0. The van der Waals surface area contributed by atoms with Crippen molar-refractivity contribution in [2.45, 2.75) is 31.9 Å². The summed E-state index contributed by atoms with van der Waals surface area (Å²) in [6.07, 6.45) is 2.44. The van der Waals surface area contributed by atoms with E-state index >= 15 is 0 Å². The molecule has 5 rings (SSSR count). The molecule has 28 heavy (non-hydrogen) atoms. The lowest BCUT2D eigenvalue weighted by Crippen LogP contribution is -2.36. The zero-order chi connectivity index (χ0) is 18.9. The number of para-hydroxylation sites is 1. The quantitative estimate of drug-likeness (QED) is 0.576. The zero-order valence-corrected chi connectivity index (χ0v) is 16.1. The number of hydrogen-bond acceptors (Lipinski definition) is 3. The Morgan fingerprint density at radius 2 is 1.79 bits per heavy atom. The number of fused-ring (bicyclic) bond motifs is 3. The van der Waals surface area contributed by atoms with Gasteiger partial charge in [-0.25, -0.2) is 0 Å². The van der Waals surface area contributed by atoms with Crippen LogP contribution < -0.4 is 10.1 Å². The van der Waals surface area contributed by atoms with Crippen LogP contribution in [-0.4, -0.2) is 6.61 Å². The Morgan fingerprint density at radius 3 is 2.68 bits per heavy atom. The molecule has 0 bridgehead atoms. The summed E-state index contributed by atoms with van der Waals surface area (Å²) in [5.41, 5.74) is 5.02. The number of rotatable bonds is 3. The summed E-state index contributed by atoms with van der Waals surface area (Å²) in [5, 5.41) is 3.80. The van der Waals surface area contributed by atoms with Crippen LogP contribution in [-0.2, 0) is 4.74 Å². The summed E-state index contributed by atoms with van der Waals surface area (Å²) in [6, 6.07) is 25.3. The molecule has 1 fully saturated rings. The largest absolute Gasteiger partial charge is 0.457 e. The molecule has 0 radical (unpaired) electrons. The predicted octanol–water partition coefficient (Wildman–Crippen LogP) is 6.42. The normalized spacial score (nSPS) is 23.2. The van der Waals surface area contributed by atoms with E-state index in [1.807, 2.05) is 36.4 Å². The molecule has 3 aromatic rings. The first-order valence-corrected chi connectivity index (χ1v) is 10.1. The summed E-state index contributed by atoms with van der Waals surface area (Å²) in [5.74, 6) is 2.15. The highest BCUT2D eigenvalue weighted by atomic mass is 16.5. The highest BCUT2D eigenvalue weighted by molar-refractivity contribution is 5.58. The molecule has 0 unspecified atom stereocenters. The van der Waals surface area contributed by atoms with Gasteiger partial charge >= 0.3 is 0 Å². The smallest absolute Gasteiger partial charge is 0.127 e. The maximum Gasteiger partial charge on any atom is 0.127 e. The van der Waals surface area contributed by atoms with Crippen molar-refractivity contribution in [1.82, 2.24) is 0 Å². The molecule has 0 aromatic heterocycles. The Balaban J connectivity index is 1.48. The summed E-state index contributed by atoms with van der Waals surface area (Å²) in [7, 11) is 0. The standard InChI is InChI=1S/C25H25NO2/c1-17-12-13-23-22(15-17)25-21(11-6-14-27-25)24(26-23)18-7-5-10-20(16-18)28-19-8-3-2-4-9-19/h2-5,7-10,12-13,15-16,21,24-26H,6,11,14H2,1H3/t21-,24-,25-/m1/s1. The van der Waals surface area contributed by atoms with Gasteiger partial charge in [0.15, 0.2) is 0 Å². The summed E-state index contributed by atoms with van der Waals surface area (Å²) in [6.45, 7) is 2.99. The molecule has 2 aliphatic rings. The van der Waals surface area contributed by atoms with Crippen LogP contribution in [0.2, 0.25) is 0 Å². The van der Waals surface area contributed by atoms with E-state index in [9.17, 15) is 0 Å². The SMILES string of the molecule is Cc1ccc2c(c1)[C@@H]1OCCC[C@@H]1[C@@H](c1cccc(Oc3ccccc3)c1)N2. The molecule has 3 heteroatoms. The minimum atomic E-state index is 0.161. The molecule has 2 aliphatic heterocycles. The maximum atomic E-state index is 6.27. The monoisotopic (exact) mass is 371 g/mol. The highest BCUT2D eigenvalue weighted by Crippen LogP contribution is 2.49. The van der Waals surface area contributed by atoms with E-state index in [2.05, 4.69) is 48.6 Å². The van der Waals surface area contributed by atoms with Crippen molar-refractivity contribution >= 4 is 5.69 Å². The van der Waals surface area contributed by atoms with Crippen molar-refractivity contribution in [3.05, 3.63) is 89.5 Å². The van der Waals surface area contributed by atoms with Gasteiger partial charge in [-0.1, -0.05) is 48.0 Å². The van der Waals surface area contributed by atoms with Gasteiger partial charge < -0.3 is 14.8 Å². The van der Waals surface area contributed by atoms with Crippen LogP contribution >= 0.6 is 0 Å². The van der Waals surface area contributed by atoms with Gasteiger partial charge in [0, 0.05) is 23.8 Å². The fourth-order valence-electron chi connectivity index (χ4n) is 4.52. The predicted molar refractivity (Wildman–Crippen MR) is 112 cm³/mol. The van der Waals surface area contributed by atoms with Crippen molar-refractivity contribution in [3.63, 3.8) is 0 Å². The summed E-state index contributed by atoms with van der Waals surface area (Å²) >= 11 is 0. The molecule has 1 saturated heterocycles. The second kappa shape index (κ2) is 7.33. The number of hydrogen-bond donors (Lipinski definition) is 1. The van der Waals surface area contributed by atoms with E-state index in [0.717, 1.165) is 24.5 Å². The third-order valence-electron chi connectivity index (χ3n) is 5.82. The Kier molecular flexibility index (Phi) is 4.53. The lowest BCUT2D eigenvalue weighted by atomic mass is 9.77. The first-order chi connectivity index (χ1) is 13.8. The van der Waals surface area contributed by atoms with Crippen LogP contribution in [0.3, 0.4) is 0 Å². The Bertz CT molecular complexity index is 969. The van der Waals surface area contributed by atoms with Gasteiger partial charge in [-0.3, -0.25) is 0 Å². The van der Waals surface area contributed by atoms with Crippen molar-refractivity contribution in [3.8, 4) is 11.5 Å². The van der Waals surface area contributed by atoms with Gasteiger partial charge in [0.25, 0.3) is 0 Å². The number of ether oxygens (including phenoxy) is 2. The fraction of sp³-hybridized carbons (Fsp3) is 0.280. The first-order valence-electron chi connectivity index (χ1n) is 10.1. The van der Waals surface area contributed by atoms with Crippen LogP contribution in [0, 0.1) is 12.8 Å². The van der Waals surface area contributed by atoms with Crippen LogP contribution in [0.25, 0.3) is 0 Å². The molecule has 2 heterocycles. The Labute approximate surface area is 166 Å². The van der Waals surface area contributed by atoms with Crippen LogP contribution in [0.5, 0.6) is 11.5 Å². The molecule has 0 aliphatic carbocycles. The average molecular weight is 371 g/mol. The molecule has 0 spiro atoms. The molecule has 0 saturated carbocycles. The molecular weight excluding hydrogens is 346 g/mol.